The van der Waals surface area contributed by atoms with Crippen LogP contribution < -0.4 is 5.84 Å². The highest BCUT2D eigenvalue weighted by Gasteiger charge is 2.23. The minimum absolute atomic E-state index is 0.0990. The van der Waals surface area contributed by atoms with Gasteiger partial charge in [0.15, 0.2) is 11.6 Å². The highest BCUT2D eigenvalue weighted by molar-refractivity contribution is 7.99. The number of carbonyl (C=O) groups excluding carboxylic acids is 1. The molecule has 5 nitrogen and oxygen atoms in total. The fourth-order valence-corrected chi connectivity index (χ4v) is 5.92. The van der Waals surface area contributed by atoms with Crippen molar-refractivity contribution in [2.75, 3.05) is 5.84 Å². The van der Waals surface area contributed by atoms with Gasteiger partial charge in [-0.05, 0) is 53.5 Å². The summed E-state index contributed by atoms with van der Waals surface area (Å²) in [6.45, 7) is 0. The van der Waals surface area contributed by atoms with E-state index in [4.69, 9.17) is 5.84 Å². The predicted molar refractivity (Wildman–Crippen MR) is 130 cm³/mol. The molecule has 1 unspecified atom stereocenters. The lowest BCUT2D eigenvalue weighted by molar-refractivity contribution is 0.0982. The van der Waals surface area contributed by atoms with Crippen LogP contribution in [-0.2, 0) is 19.3 Å². The van der Waals surface area contributed by atoms with E-state index in [0.29, 0.717) is 23.8 Å². The van der Waals surface area contributed by atoms with Crippen LogP contribution in [0.1, 0.15) is 55.8 Å². The Bertz CT molecular complexity index is 1220. The van der Waals surface area contributed by atoms with Crippen molar-refractivity contribution in [3.63, 3.8) is 0 Å². The number of aromatic nitrogens is 3. The summed E-state index contributed by atoms with van der Waals surface area (Å²) < 4.78 is 1.56. The van der Waals surface area contributed by atoms with Gasteiger partial charge in [-0.25, -0.2) is 4.68 Å². The smallest absolute Gasteiger partial charge is 0.210 e. The van der Waals surface area contributed by atoms with Crippen molar-refractivity contribution in [1.29, 1.82) is 0 Å². The molecule has 0 aliphatic heterocycles. The first-order chi connectivity index (χ1) is 15.7. The maximum absolute atomic E-state index is 13.2. The molecule has 2 N–H and O–H groups in total. The lowest BCUT2D eigenvalue weighted by atomic mass is 9.99. The first-order valence-electron chi connectivity index (χ1n) is 10.8. The van der Waals surface area contributed by atoms with Gasteiger partial charge in [-0.2, -0.15) is 0 Å². The number of nitrogen functional groups attached to an aromatic ring is 1. The zero-order valence-corrected chi connectivity index (χ0v) is 19.2. The number of nitrogens with two attached hydrogens (primary N) is 1. The molecule has 1 atom stereocenters. The second kappa shape index (κ2) is 9.30. The fourth-order valence-electron chi connectivity index (χ4n) is 4.13. The molecule has 0 spiro atoms. The van der Waals surface area contributed by atoms with E-state index in [1.165, 1.54) is 34.2 Å². The quantitative estimate of drug-likeness (QED) is 0.221. The highest BCUT2D eigenvalue weighted by Crippen LogP contribution is 2.38. The molecule has 0 bridgehead atoms. The molecular formula is C25H24N4OS2. The third kappa shape index (κ3) is 4.49. The van der Waals surface area contributed by atoms with E-state index >= 15 is 0 Å². The zero-order chi connectivity index (χ0) is 21.9. The van der Waals surface area contributed by atoms with Gasteiger partial charge in [-0.15, -0.1) is 21.5 Å². The van der Waals surface area contributed by atoms with Crippen molar-refractivity contribution in [3.8, 4) is 0 Å². The summed E-state index contributed by atoms with van der Waals surface area (Å²) in [5.74, 6) is 7.20. The third-order valence-corrected chi connectivity index (χ3v) is 7.95. The Balaban J connectivity index is 1.37. The summed E-state index contributed by atoms with van der Waals surface area (Å²) in [5, 5.41) is 11.2. The van der Waals surface area contributed by atoms with E-state index in [1.807, 2.05) is 35.7 Å². The van der Waals surface area contributed by atoms with Crippen molar-refractivity contribution in [2.24, 2.45) is 0 Å². The first-order valence-corrected chi connectivity index (χ1v) is 12.5. The molecule has 2 aromatic heterocycles. The van der Waals surface area contributed by atoms with Gasteiger partial charge in [0.05, 0.1) is 0 Å². The van der Waals surface area contributed by atoms with Crippen LogP contribution in [0.25, 0.3) is 0 Å². The van der Waals surface area contributed by atoms with Crippen LogP contribution in [-0.4, -0.2) is 20.7 Å². The van der Waals surface area contributed by atoms with Crippen molar-refractivity contribution in [3.05, 3.63) is 99.0 Å². The van der Waals surface area contributed by atoms with Gasteiger partial charge in [0.1, 0.15) is 0 Å². The number of thiophene rings is 1. The predicted octanol–water partition coefficient (Wildman–Crippen LogP) is 5.24. The van der Waals surface area contributed by atoms with Crippen LogP contribution in [0, 0.1) is 0 Å². The Labute approximate surface area is 195 Å². The van der Waals surface area contributed by atoms with Crippen molar-refractivity contribution < 1.29 is 4.79 Å². The maximum atomic E-state index is 13.2. The number of fused-ring (bicyclic) bond motifs is 1. The standard InChI is InChI=1S/C25H24N4OS2/c26-29-24(15-21-10-5-13-31-21)27-28-25(29)32-23(18-6-2-1-3-7-18)16-22(30)20-12-11-17-8-4-9-19(17)14-20/h1-3,5-7,10-14,23H,4,8-9,15-16,26H2. The number of Topliss-reactive ketones (excluding diaryl/α,β-unsaturated/α-hetero) is 1. The Kier molecular flexibility index (Phi) is 6.10. The van der Waals surface area contributed by atoms with E-state index in [2.05, 4.69) is 40.5 Å². The Hall–Kier alpha value is -2.90. The van der Waals surface area contributed by atoms with Crippen LogP contribution in [0.5, 0.6) is 0 Å². The third-order valence-electron chi connectivity index (χ3n) is 5.86. The van der Waals surface area contributed by atoms with Crippen LogP contribution in [0.2, 0.25) is 0 Å². The summed E-state index contributed by atoms with van der Waals surface area (Å²) in [6.07, 6.45) is 4.38. The summed E-state index contributed by atoms with van der Waals surface area (Å²) in [4.78, 5) is 14.4. The van der Waals surface area contributed by atoms with Crippen molar-refractivity contribution in [1.82, 2.24) is 14.9 Å². The molecule has 0 radical (unpaired) electrons. The summed E-state index contributed by atoms with van der Waals surface area (Å²) >= 11 is 3.17. The topological polar surface area (TPSA) is 73.8 Å². The molecule has 0 fully saturated rings. The molecule has 162 valence electrons. The van der Waals surface area contributed by atoms with Crippen molar-refractivity contribution in [2.45, 2.75) is 42.5 Å². The monoisotopic (exact) mass is 460 g/mol. The Morgan fingerprint density at radius 3 is 2.72 bits per heavy atom. The maximum Gasteiger partial charge on any atom is 0.210 e. The van der Waals surface area contributed by atoms with Gasteiger partial charge in [-0.1, -0.05) is 60.3 Å². The van der Waals surface area contributed by atoms with Crippen LogP contribution >= 0.6 is 23.1 Å². The highest BCUT2D eigenvalue weighted by atomic mass is 32.2. The number of carbonyl (C=O) groups is 1. The van der Waals surface area contributed by atoms with E-state index in [0.717, 1.165) is 24.0 Å². The van der Waals surface area contributed by atoms with Crippen molar-refractivity contribution >= 4 is 28.9 Å². The summed E-state index contributed by atoms with van der Waals surface area (Å²) in [5.41, 5.74) is 4.57. The second-order valence-electron chi connectivity index (χ2n) is 8.01. The number of hydrogen-bond donors (Lipinski definition) is 1. The SMILES string of the molecule is Nn1c(Cc2cccs2)nnc1SC(CC(=O)c1ccc2c(c1)CCC2)c1ccccc1. The number of benzene rings is 2. The molecule has 2 heterocycles. The minimum Gasteiger partial charge on any atom is -0.336 e. The number of aryl methyl sites for hydroxylation is 2. The minimum atomic E-state index is -0.0990. The van der Waals surface area contributed by atoms with Gasteiger partial charge in [0.2, 0.25) is 5.16 Å². The Morgan fingerprint density at radius 1 is 1.06 bits per heavy atom. The van der Waals surface area contributed by atoms with Crippen LogP contribution in [0.15, 0.2) is 71.2 Å². The Morgan fingerprint density at radius 2 is 1.91 bits per heavy atom. The van der Waals surface area contributed by atoms with Crippen LogP contribution in [0.3, 0.4) is 0 Å². The number of hydrogen-bond acceptors (Lipinski definition) is 6. The van der Waals surface area contributed by atoms with E-state index in [9.17, 15) is 4.79 Å². The summed E-state index contributed by atoms with van der Waals surface area (Å²) in [7, 11) is 0. The number of nitrogens with zero attached hydrogens (tertiary/aromatic N) is 3. The normalized spacial score (nSPS) is 13.8. The first kappa shape index (κ1) is 21.0. The summed E-state index contributed by atoms with van der Waals surface area (Å²) in [6, 6.07) is 20.3. The molecule has 7 heteroatoms. The molecule has 1 aliphatic carbocycles. The molecule has 0 amide bonds. The molecular weight excluding hydrogens is 436 g/mol. The number of ketones is 1. The van der Waals surface area contributed by atoms with E-state index in [1.54, 1.807) is 16.0 Å². The van der Waals surface area contributed by atoms with Gasteiger partial charge in [0.25, 0.3) is 0 Å². The lowest BCUT2D eigenvalue weighted by Crippen LogP contribution is -2.15. The average molecular weight is 461 g/mol. The second-order valence-corrected chi connectivity index (χ2v) is 10.2. The van der Waals surface area contributed by atoms with Crippen LogP contribution in [0.4, 0.5) is 0 Å². The molecule has 0 saturated carbocycles. The molecule has 32 heavy (non-hydrogen) atoms. The molecule has 2 aromatic carbocycles. The zero-order valence-electron chi connectivity index (χ0n) is 17.6. The lowest BCUT2D eigenvalue weighted by Gasteiger charge is -2.16. The average Bonchev–Trinajstić information content (AvgIpc) is 3.57. The van der Waals surface area contributed by atoms with Gasteiger partial charge in [-0.3, -0.25) is 4.79 Å². The molecule has 4 aromatic rings. The van der Waals surface area contributed by atoms with Gasteiger partial charge < -0.3 is 5.84 Å². The van der Waals surface area contributed by atoms with E-state index in [-0.39, 0.29) is 11.0 Å². The number of thioether (sulfide) groups is 1. The number of rotatable bonds is 8. The molecule has 5 rings (SSSR count). The largest absolute Gasteiger partial charge is 0.336 e. The molecule has 1 aliphatic rings. The van der Waals surface area contributed by atoms with Gasteiger partial charge >= 0.3 is 0 Å². The van der Waals surface area contributed by atoms with E-state index < -0.39 is 0 Å². The molecule has 0 saturated heterocycles. The van der Waals surface area contributed by atoms with Gasteiger partial charge in [0, 0.05) is 28.5 Å². The fraction of sp³-hybridized carbons (Fsp3) is 0.240.